The summed E-state index contributed by atoms with van der Waals surface area (Å²) in [4.78, 5) is 6.72. The predicted octanol–water partition coefficient (Wildman–Crippen LogP) is 2.47. The maximum atomic E-state index is 12.6. The number of likely N-dealkylation sites (tertiary alicyclic amines) is 1. The third-order valence-electron chi connectivity index (χ3n) is 4.22. The molecule has 1 aromatic carbocycles. The summed E-state index contributed by atoms with van der Waals surface area (Å²) in [7, 11) is 0. The van der Waals surface area contributed by atoms with Crippen molar-refractivity contribution in [1.29, 1.82) is 0 Å². The van der Waals surface area contributed by atoms with E-state index in [0.717, 1.165) is 31.6 Å². The van der Waals surface area contributed by atoms with Crippen LogP contribution in [0.3, 0.4) is 0 Å². The summed E-state index contributed by atoms with van der Waals surface area (Å²) in [6, 6.07) is 5.25. The molecule has 1 aliphatic heterocycles. The van der Waals surface area contributed by atoms with Gasteiger partial charge in [0.25, 0.3) is 0 Å². The minimum atomic E-state index is -4.37. The van der Waals surface area contributed by atoms with E-state index in [1.165, 1.54) is 18.6 Å². The lowest BCUT2D eigenvalue weighted by molar-refractivity contribution is -0.137. The first-order valence-electron chi connectivity index (χ1n) is 8.48. The average molecular weight is 358 g/mol. The SMILES string of the molecule is CCN1CCCC1CN=C(N)NCCOc1cccc(C(F)(F)F)c1. The molecule has 8 heteroatoms. The number of rotatable bonds is 7. The standard InChI is InChI=1S/C17H25F3N4O/c1-2-24-9-4-6-14(24)12-23-16(21)22-8-10-25-15-7-3-5-13(11-15)17(18,19)20/h3,5,7,11,14H,2,4,6,8-10,12H2,1H3,(H3,21,22,23). The van der Waals surface area contributed by atoms with Gasteiger partial charge in [0, 0.05) is 6.04 Å². The predicted molar refractivity (Wildman–Crippen MR) is 91.7 cm³/mol. The molecule has 1 saturated heterocycles. The molecule has 2 rings (SSSR count). The Balaban J connectivity index is 1.71. The van der Waals surface area contributed by atoms with E-state index in [1.54, 1.807) is 0 Å². The number of guanidine groups is 1. The molecule has 0 saturated carbocycles. The fraction of sp³-hybridized carbons (Fsp3) is 0.588. The fourth-order valence-corrected chi connectivity index (χ4v) is 2.89. The number of nitrogens with zero attached hydrogens (tertiary/aromatic N) is 2. The van der Waals surface area contributed by atoms with Gasteiger partial charge in [-0.25, -0.2) is 0 Å². The molecule has 0 amide bonds. The highest BCUT2D eigenvalue weighted by molar-refractivity contribution is 5.77. The number of hydrogen-bond acceptors (Lipinski definition) is 3. The molecule has 3 N–H and O–H groups in total. The van der Waals surface area contributed by atoms with Gasteiger partial charge >= 0.3 is 6.18 Å². The van der Waals surface area contributed by atoms with Crippen molar-refractivity contribution >= 4 is 5.96 Å². The van der Waals surface area contributed by atoms with Gasteiger partial charge in [-0.05, 0) is 44.1 Å². The fourth-order valence-electron chi connectivity index (χ4n) is 2.89. The van der Waals surface area contributed by atoms with Crippen molar-refractivity contribution in [3.8, 4) is 5.75 Å². The van der Waals surface area contributed by atoms with E-state index in [-0.39, 0.29) is 12.4 Å². The van der Waals surface area contributed by atoms with Gasteiger partial charge in [-0.3, -0.25) is 9.89 Å². The van der Waals surface area contributed by atoms with Crippen molar-refractivity contribution < 1.29 is 17.9 Å². The van der Waals surface area contributed by atoms with Crippen LogP contribution < -0.4 is 15.8 Å². The third-order valence-corrected chi connectivity index (χ3v) is 4.22. The Morgan fingerprint density at radius 1 is 1.44 bits per heavy atom. The van der Waals surface area contributed by atoms with Crippen LogP contribution in [0.25, 0.3) is 0 Å². The lowest BCUT2D eigenvalue weighted by Gasteiger charge is -2.21. The second kappa shape index (κ2) is 8.94. The highest BCUT2D eigenvalue weighted by Crippen LogP contribution is 2.31. The van der Waals surface area contributed by atoms with Crippen LogP contribution in [0.15, 0.2) is 29.3 Å². The minimum Gasteiger partial charge on any atom is -0.492 e. The highest BCUT2D eigenvalue weighted by Gasteiger charge is 2.30. The zero-order valence-corrected chi connectivity index (χ0v) is 14.4. The first kappa shape index (κ1) is 19.4. The summed E-state index contributed by atoms with van der Waals surface area (Å²) in [5.74, 6) is 0.507. The molecule has 0 aromatic heterocycles. The summed E-state index contributed by atoms with van der Waals surface area (Å²) in [6.07, 6.45) is -2.06. The van der Waals surface area contributed by atoms with Gasteiger partial charge in [0.15, 0.2) is 5.96 Å². The van der Waals surface area contributed by atoms with Gasteiger partial charge in [-0.1, -0.05) is 13.0 Å². The van der Waals surface area contributed by atoms with Crippen LogP contribution in [0.4, 0.5) is 13.2 Å². The molecule has 25 heavy (non-hydrogen) atoms. The van der Waals surface area contributed by atoms with Gasteiger partial charge in [0.1, 0.15) is 12.4 Å². The molecule has 140 valence electrons. The Hall–Kier alpha value is -1.96. The molecule has 0 radical (unpaired) electrons. The molecular formula is C17H25F3N4O. The molecule has 0 bridgehead atoms. The number of aliphatic imine (C=N–C) groups is 1. The smallest absolute Gasteiger partial charge is 0.416 e. The van der Waals surface area contributed by atoms with Crippen LogP contribution in [-0.2, 0) is 6.18 Å². The molecule has 1 heterocycles. The van der Waals surface area contributed by atoms with E-state index in [1.807, 2.05) is 0 Å². The Bertz CT molecular complexity index is 577. The zero-order valence-electron chi connectivity index (χ0n) is 14.4. The van der Waals surface area contributed by atoms with E-state index in [4.69, 9.17) is 10.5 Å². The number of nitrogens with two attached hydrogens (primary N) is 1. The molecule has 5 nitrogen and oxygen atoms in total. The first-order chi connectivity index (χ1) is 11.9. The maximum absolute atomic E-state index is 12.6. The van der Waals surface area contributed by atoms with Gasteiger partial charge in [0.2, 0.25) is 0 Å². The Morgan fingerprint density at radius 2 is 2.24 bits per heavy atom. The van der Waals surface area contributed by atoms with Gasteiger partial charge < -0.3 is 15.8 Å². The molecule has 1 atom stereocenters. The summed E-state index contributed by atoms with van der Waals surface area (Å²) in [5.41, 5.74) is 5.09. The van der Waals surface area contributed by atoms with Crippen LogP contribution in [-0.4, -0.2) is 49.7 Å². The minimum absolute atomic E-state index is 0.177. The molecule has 1 aromatic rings. The Kier molecular flexibility index (Phi) is 6.92. The lowest BCUT2D eigenvalue weighted by atomic mass is 10.2. The van der Waals surface area contributed by atoms with E-state index in [9.17, 15) is 13.2 Å². The molecule has 0 spiro atoms. The topological polar surface area (TPSA) is 62.9 Å². The zero-order chi connectivity index (χ0) is 18.3. The maximum Gasteiger partial charge on any atom is 0.416 e. The van der Waals surface area contributed by atoms with Gasteiger partial charge in [-0.15, -0.1) is 0 Å². The van der Waals surface area contributed by atoms with Crippen LogP contribution in [0.1, 0.15) is 25.3 Å². The van der Waals surface area contributed by atoms with E-state index in [0.29, 0.717) is 25.1 Å². The van der Waals surface area contributed by atoms with Crippen LogP contribution in [0, 0.1) is 0 Å². The molecule has 1 unspecified atom stereocenters. The molecular weight excluding hydrogens is 333 g/mol. The quantitative estimate of drug-likeness (QED) is 0.447. The normalized spacial score (nSPS) is 19.2. The van der Waals surface area contributed by atoms with E-state index >= 15 is 0 Å². The number of likely N-dealkylation sites (N-methyl/N-ethyl adjacent to an activating group) is 1. The van der Waals surface area contributed by atoms with Crippen LogP contribution in [0.2, 0.25) is 0 Å². The van der Waals surface area contributed by atoms with Crippen molar-refractivity contribution in [3.63, 3.8) is 0 Å². The Morgan fingerprint density at radius 3 is 2.96 bits per heavy atom. The Labute approximate surface area is 146 Å². The second-order valence-corrected chi connectivity index (χ2v) is 5.95. The number of benzene rings is 1. The number of halogens is 3. The van der Waals surface area contributed by atoms with Crippen LogP contribution in [0.5, 0.6) is 5.75 Å². The molecule has 0 aliphatic carbocycles. The largest absolute Gasteiger partial charge is 0.492 e. The summed E-state index contributed by atoms with van der Waals surface area (Å²) < 4.78 is 43.2. The van der Waals surface area contributed by atoms with E-state index < -0.39 is 11.7 Å². The van der Waals surface area contributed by atoms with Gasteiger partial charge in [-0.2, -0.15) is 13.2 Å². The molecule has 1 fully saturated rings. The highest BCUT2D eigenvalue weighted by atomic mass is 19.4. The van der Waals surface area contributed by atoms with Crippen molar-refractivity contribution in [3.05, 3.63) is 29.8 Å². The molecule has 1 aliphatic rings. The lowest BCUT2D eigenvalue weighted by Crippen LogP contribution is -2.37. The van der Waals surface area contributed by atoms with Crippen molar-refractivity contribution in [1.82, 2.24) is 10.2 Å². The van der Waals surface area contributed by atoms with Crippen LogP contribution >= 0.6 is 0 Å². The van der Waals surface area contributed by atoms with Crippen molar-refractivity contribution in [2.75, 3.05) is 32.8 Å². The summed E-state index contributed by atoms with van der Waals surface area (Å²) in [5, 5.41) is 2.92. The average Bonchev–Trinajstić information content (AvgIpc) is 3.04. The number of alkyl halides is 3. The van der Waals surface area contributed by atoms with Crippen molar-refractivity contribution in [2.24, 2.45) is 10.7 Å². The van der Waals surface area contributed by atoms with Gasteiger partial charge in [0.05, 0.1) is 18.7 Å². The second-order valence-electron chi connectivity index (χ2n) is 5.95. The van der Waals surface area contributed by atoms with Crippen molar-refractivity contribution in [2.45, 2.75) is 32.0 Å². The number of nitrogens with one attached hydrogen (secondary N) is 1. The summed E-state index contributed by atoms with van der Waals surface area (Å²) in [6.45, 7) is 5.47. The number of ether oxygens (including phenoxy) is 1. The summed E-state index contributed by atoms with van der Waals surface area (Å²) >= 11 is 0. The third kappa shape index (κ3) is 6.12. The number of hydrogen-bond donors (Lipinski definition) is 2. The first-order valence-corrected chi connectivity index (χ1v) is 8.48. The van der Waals surface area contributed by atoms with E-state index in [2.05, 4.69) is 22.1 Å². The monoisotopic (exact) mass is 358 g/mol.